The second kappa shape index (κ2) is 9.14. The largest absolute Gasteiger partial charge is 0.467 e. The SMILES string of the molecule is COC(=O)[C@H](C)NC(=O)NCCCCC1C=CSS1. The Morgan fingerprint density at radius 3 is 2.84 bits per heavy atom. The zero-order valence-corrected chi connectivity index (χ0v) is 12.8. The lowest BCUT2D eigenvalue weighted by molar-refractivity contribution is -0.142. The van der Waals surface area contributed by atoms with Crippen molar-refractivity contribution in [2.24, 2.45) is 0 Å². The van der Waals surface area contributed by atoms with Gasteiger partial charge in [-0.3, -0.25) is 0 Å². The van der Waals surface area contributed by atoms with E-state index >= 15 is 0 Å². The molecule has 0 spiro atoms. The number of rotatable bonds is 7. The Bertz CT molecular complexity index is 337. The summed E-state index contributed by atoms with van der Waals surface area (Å²) < 4.78 is 4.52. The molecule has 0 aromatic rings. The lowest BCUT2D eigenvalue weighted by Crippen LogP contribution is -2.45. The fourth-order valence-electron chi connectivity index (χ4n) is 1.56. The minimum Gasteiger partial charge on any atom is -0.467 e. The molecule has 2 N–H and O–H groups in total. The molecule has 2 atom stereocenters. The molecule has 0 aromatic heterocycles. The van der Waals surface area contributed by atoms with Crippen LogP contribution < -0.4 is 10.6 Å². The first-order valence-corrected chi connectivity index (χ1v) is 8.52. The van der Waals surface area contributed by atoms with Gasteiger partial charge in [0.25, 0.3) is 0 Å². The molecule has 0 saturated heterocycles. The molecule has 0 radical (unpaired) electrons. The van der Waals surface area contributed by atoms with Crippen LogP contribution in [0.1, 0.15) is 26.2 Å². The molecule has 19 heavy (non-hydrogen) atoms. The van der Waals surface area contributed by atoms with Gasteiger partial charge in [0.15, 0.2) is 0 Å². The fourth-order valence-corrected chi connectivity index (χ4v) is 3.82. The number of methoxy groups -OCH3 is 1. The first-order valence-electron chi connectivity index (χ1n) is 6.24. The van der Waals surface area contributed by atoms with Crippen LogP contribution in [0.5, 0.6) is 0 Å². The van der Waals surface area contributed by atoms with E-state index in [9.17, 15) is 9.59 Å². The highest BCUT2D eigenvalue weighted by Crippen LogP contribution is 2.37. The van der Waals surface area contributed by atoms with Crippen molar-refractivity contribution in [2.45, 2.75) is 37.5 Å². The molecular weight excluding hydrogens is 284 g/mol. The van der Waals surface area contributed by atoms with Crippen LogP contribution in [0.25, 0.3) is 0 Å². The summed E-state index contributed by atoms with van der Waals surface area (Å²) in [5.74, 6) is -0.447. The van der Waals surface area contributed by atoms with Gasteiger partial charge in [0.05, 0.1) is 7.11 Å². The summed E-state index contributed by atoms with van der Waals surface area (Å²) in [6, 6.07) is -0.953. The third-order valence-corrected chi connectivity index (χ3v) is 5.06. The molecule has 0 fully saturated rings. The van der Waals surface area contributed by atoms with E-state index in [1.54, 1.807) is 17.7 Å². The minimum atomic E-state index is -0.623. The van der Waals surface area contributed by atoms with Gasteiger partial charge in [-0.25, -0.2) is 9.59 Å². The predicted octanol–water partition coefficient (Wildman–Crippen LogP) is 2.29. The van der Waals surface area contributed by atoms with Gasteiger partial charge in [-0.2, -0.15) is 0 Å². The highest BCUT2D eigenvalue weighted by molar-refractivity contribution is 8.78. The summed E-state index contributed by atoms with van der Waals surface area (Å²) in [6.07, 6.45) is 5.37. The Labute approximate surface area is 121 Å². The van der Waals surface area contributed by atoms with Gasteiger partial charge in [0.1, 0.15) is 6.04 Å². The molecule has 7 heteroatoms. The molecule has 5 nitrogen and oxygen atoms in total. The van der Waals surface area contributed by atoms with E-state index in [2.05, 4.69) is 26.9 Å². The maximum absolute atomic E-state index is 11.4. The normalized spacial score (nSPS) is 18.9. The average molecular weight is 304 g/mol. The number of carbonyl (C=O) groups excluding carboxylic acids is 2. The van der Waals surface area contributed by atoms with Crippen LogP contribution in [0.15, 0.2) is 11.5 Å². The Morgan fingerprint density at radius 2 is 2.21 bits per heavy atom. The van der Waals surface area contributed by atoms with Gasteiger partial charge in [-0.15, -0.1) is 0 Å². The number of hydrogen-bond donors (Lipinski definition) is 2. The maximum Gasteiger partial charge on any atom is 0.328 e. The zero-order valence-electron chi connectivity index (χ0n) is 11.2. The van der Waals surface area contributed by atoms with Crippen LogP contribution in [0, 0.1) is 0 Å². The molecule has 1 unspecified atom stereocenters. The average Bonchev–Trinajstić information content (AvgIpc) is 2.90. The second-order valence-corrected chi connectivity index (χ2v) is 6.62. The molecule has 0 saturated carbocycles. The van der Waals surface area contributed by atoms with E-state index in [1.807, 2.05) is 10.8 Å². The van der Waals surface area contributed by atoms with Crippen LogP contribution in [0.2, 0.25) is 0 Å². The molecule has 1 aliphatic heterocycles. The molecule has 1 heterocycles. The Morgan fingerprint density at radius 1 is 1.42 bits per heavy atom. The second-order valence-electron chi connectivity index (χ2n) is 4.20. The summed E-state index contributed by atoms with van der Waals surface area (Å²) in [7, 11) is 4.95. The monoisotopic (exact) mass is 304 g/mol. The molecule has 2 amide bonds. The first kappa shape index (κ1) is 16.2. The predicted molar refractivity (Wildman–Crippen MR) is 80.0 cm³/mol. The smallest absolute Gasteiger partial charge is 0.328 e. The number of urea groups is 1. The highest BCUT2D eigenvalue weighted by atomic mass is 33.1. The van der Waals surface area contributed by atoms with Crippen LogP contribution in [0.4, 0.5) is 4.79 Å². The van der Waals surface area contributed by atoms with Gasteiger partial charge >= 0.3 is 12.0 Å². The van der Waals surface area contributed by atoms with E-state index in [0.717, 1.165) is 19.3 Å². The Hall–Kier alpha value is -0.820. The lowest BCUT2D eigenvalue weighted by Gasteiger charge is -2.12. The topological polar surface area (TPSA) is 67.4 Å². The molecule has 0 bridgehead atoms. The van der Waals surface area contributed by atoms with Crippen molar-refractivity contribution in [1.82, 2.24) is 10.6 Å². The van der Waals surface area contributed by atoms with Gasteiger partial charge in [-0.1, -0.05) is 34.1 Å². The number of esters is 1. The maximum atomic E-state index is 11.4. The third-order valence-electron chi connectivity index (χ3n) is 2.63. The van der Waals surface area contributed by atoms with Gasteiger partial charge in [0, 0.05) is 11.8 Å². The Kier molecular flexibility index (Phi) is 7.81. The standard InChI is InChI=1S/C12H20N2O3S2/c1-9(11(15)17-2)14-12(16)13-7-4-3-5-10-6-8-18-19-10/h6,8-10H,3-5,7H2,1-2H3,(H2,13,14,16)/t9-,10?/m0/s1. The van der Waals surface area contributed by atoms with Crippen molar-refractivity contribution in [1.29, 1.82) is 0 Å². The van der Waals surface area contributed by atoms with Gasteiger partial charge in [0.2, 0.25) is 0 Å². The molecule has 1 aliphatic rings. The quantitative estimate of drug-likeness (QED) is 0.429. The fraction of sp³-hybridized carbons (Fsp3) is 0.667. The van der Waals surface area contributed by atoms with Crippen molar-refractivity contribution < 1.29 is 14.3 Å². The van der Waals surface area contributed by atoms with Crippen molar-refractivity contribution >= 4 is 33.6 Å². The number of amides is 2. The zero-order chi connectivity index (χ0) is 14.1. The summed E-state index contributed by atoms with van der Waals surface area (Å²) >= 11 is 0. The highest BCUT2D eigenvalue weighted by Gasteiger charge is 2.15. The molecule has 0 aliphatic carbocycles. The number of carbonyl (C=O) groups is 2. The van der Waals surface area contributed by atoms with E-state index in [-0.39, 0.29) is 6.03 Å². The third kappa shape index (κ3) is 6.77. The minimum absolute atomic E-state index is 0.330. The number of ether oxygens (including phenoxy) is 1. The number of hydrogen-bond acceptors (Lipinski definition) is 5. The van der Waals surface area contributed by atoms with Crippen molar-refractivity contribution in [3.05, 3.63) is 11.5 Å². The van der Waals surface area contributed by atoms with Crippen LogP contribution >= 0.6 is 21.6 Å². The number of nitrogens with one attached hydrogen (secondary N) is 2. The van der Waals surface area contributed by atoms with Gasteiger partial charge in [-0.05, 0) is 25.2 Å². The molecule has 0 aromatic carbocycles. The van der Waals surface area contributed by atoms with E-state index < -0.39 is 12.0 Å². The number of unbranched alkanes of at least 4 members (excludes halogenated alkanes) is 1. The Balaban J connectivity index is 2.00. The van der Waals surface area contributed by atoms with Crippen LogP contribution in [0.3, 0.4) is 0 Å². The van der Waals surface area contributed by atoms with Gasteiger partial charge < -0.3 is 15.4 Å². The first-order chi connectivity index (χ1) is 9.13. The van der Waals surface area contributed by atoms with Crippen molar-refractivity contribution in [3.63, 3.8) is 0 Å². The van der Waals surface area contributed by atoms with E-state index in [0.29, 0.717) is 11.8 Å². The summed E-state index contributed by atoms with van der Waals surface area (Å²) in [5, 5.41) is 7.98. The van der Waals surface area contributed by atoms with Crippen molar-refractivity contribution in [2.75, 3.05) is 13.7 Å². The molecule has 108 valence electrons. The van der Waals surface area contributed by atoms with E-state index in [1.165, 1.54) is 7.11 Å². The van der Waals surface area contributed by atoms with Crippen LogP contribution in [-0.2, 0) is 9.53 Å². The summed E-state index contributed by atoms with van der Waals surface area (Å²) in [4.78, 5) is 22.5. The summed E-state index contributed by atoms with van der Waals surface area (Å²) in [6.45, 7) is 2.21. The summed E-state index contributed by atoms with van der Waals surface area (Å²) in [5.41, 5.74) is 0. The van der Waals surface area contributed by atoms with E-state index in [4.69, 9.17) is 0 Å². The lowest BCUT2D eigenvalue weighted by atomic mass is 10.2. The molecule has 1 rings (SSSR count). The molecular formula is C12H20N2O3S2. The van der Waals surface area contributed by atoms with Crippen molar-refractivity contribution in [3.8, 4) is 0 Å². The van der Waals surface area contributed by atoms with Crippen LogP contribution in [-0.4, -0.2) is 36.9 Å².